The van der Waals surface area contributed by atoms with E-state index in [9.17, 15) is 14.7 Å². The molecule has 32 heavy (non-hydrogen) atoms. The Balaban J connectivity index is 1.60. The number of benzene rings is 2. The van der Waals surface area contributed by atoms with Crippen molar-refractivity contribution >= 4 is 50.9 Å². The smallest absolute Gasteiger partial charge is 0.259 e. The Morgan fingerprint density at radius 2 is 1.91 bits per heavy atom. The van der Waals surface area contributed by atoms with Gasteiger partial charge in [0.05, 0.1) is 16.3 Å². The fraction of sp³-hybridized carbons (Fsp3) is 0.174. The molecular weight excluding hydrogens is 496 g/mol. The summed E-state index contributed by atoms with van der Waals surface area (Å²) in [4.78, 5) is 32.1. The van der Waals surface area contributed by atoms with Crippen LogP contribution >= 0.6 is 27.5 Å². The second-order valence-corrected chi connectivity index (χ2v) is 8.94. The van der Waals surface area contributed by atoms with Crippen LogP contribution in [0.3, 0.4) is 0 Å². The molecule has 0 radical (unpaired) electrons. The molecule has 1 aromatic heterocycles. The quantitative estimate of drug-likeness (QED) is 0.438. The number of hydrogen-bond acceptors (Lipinski definition) is 5. The second-order valence-electron chi connectivity index (χ2n) is 7.59. The highest BCUT2D eigenvalue weighted by Crippen LogP contribution is 2.33. The lowest BCUT2D eigenvalue weighted by Gasteiger charge is -2.25. The maximum absolute atomic E-state index is 13.0. The van der Waals surface area contributed by atoms with Crippen molar-refractivity contribution in [3.63, 3.8) is 0 Å². The van der Waals surface area contributed by atoms with Gasteiger partial charge < -0.3 is 20.6 Å². The Morgan fingerprint density at radius 3 is 2.66 bits per heavy atom. The number of carbonyl (C=O) groups is 2. The van der Waals surface area contributed by atoms with Crippen LogP contribution in [-0.4, -0.2) is 40.4 Å². The Hall–Kier alpha value is -2.94. The lowest BCUT2D eigenvalue weighted by atomic mass is 9.97. The SMILES string of the molecule is CN1CCc2cc(C(=O)Nc3c(O)cc(Br)cc3C(=O)Nc3ccc(Cl)cn3)ccc2C1. The lowest BCUT2D eigenvalue weighted by molar-refractivity contribution is 0.102. The standard InChI is InChI=1S/C23H20BrClN4O3/c1-29-7-6-13-8-14(2-3-15(13)12-29)22(31)28-21-18(9-16(24)10-19(21)30)23(32)27-20-5-4-17(25)11-26-20/h2-5,8-11,30H,6-7,12H2,1H3,(H,28,31)(H,26,27,32). The van der Waals surface area contributed by atoms with Crippen molar-refractivity contribution < 1.29 is 14.7 Å². The van der Waals surface area contributed by atoms with Crippen molar-refractivity contribution in [3.8, 4) is 5.75 Å². The number of phenols is 1. The third-order valence-corrected chi connectivity index (χ3v) is 5.89. The first-order valence-corrected chi connectivity index (χ1v) is 11.0. The molecule has 9 heteroatoms. The van der Waals surface area contributed by atoms with E-state index in [-0.39, 0.29) is 22.8 Å². The number of anilines is 2. The largest absolute Gasteiger partial charge is 0.506 e. The first-order valence-electron chi connectivity index (χ1n) is 9.87. The fourth-order valence-electron chi connectivity index (χ4n) is 3.56. The van der Waals surface area contributed by atoms with E-state index >= 15 is 0 Å². The minimum atomic E-state index is -0.541. The van der Waals surface area contributed by atoms with Crippen LogP contribution in [0, 0.1) is 0 Å². The number of aromatic hydroxyl groups is 1. The van der Waals surface area contributed by atoms with Gasteiger partial charge in [-0.05, 0) is 61.0 Å². The number of phenolic OH excluding ortho intramolecular Hbond substituents is 1. The van der Waals surface area contributed by atoms with Crippen molar-refractivity contribution in [2.45, 2.75) is 13.0 Å². The molecule has 0 saturated heterocycles. The molecule has 7 nitrogen and oxygen atoms in total. The van der Waals surface area contributed by atoms with Crippen molar-refractivity contribution in [1.82, 2.24) is 9.88 Å². The number of aromatic nitrogens is 1. The molecular formula is C23H20BrClN4O3. The second kappa shape index (κ2) is 9.28. The Kier molecular flexibility index (Phi) is 6.45. The van der Waals surface area contributed by atoms with Crippen LogP contribution in [0.25, 0.3) is 0 Å². The van der Waals surface area contributed by atoms with E-state index in [0.29, 0.717) is 15.1 Å². The van der Waals surface area contributed by atoms with E-state index < -0.39 is 11.8 Å². The first kappa shape index (κ1) is 22.3. The van der Waals surface area contributed by atoms with Gasteiger partial charge in [0.1, 0.15) is 11.6 Å². The van der Waals surface area contributed by atoms with Crippen LogP contribution in [0.1, 0.15) is 31.8 Å². The van der Waals surface area contributed by atoms with Gasteiger partial charge in [0.25, 0.3) is 11.8 Å². The number of rotatable bonds is 4. The zero-order valence-electron chi connectivity index (χ0n) is 17.2. The number of halogens is 2. The minimum absolute atomic E-state index is 0.0158. The van der Waals surface area contributed by atoms with E-state index in [1.165, 1.54) is 23.9 Å². The molecule has 0 spiro atoms. The van der Waals surface area contributed by atoms with E-state index in [0.717, 1.165) is 25.1 Å². The molecule has 3 N–H and O–H groups in total. The predicted molar refractivity (Wildman–Crippen MR) is 127 cm³/mol. The fourth-order valence-corrected chi connectivity index (χ4v) is 4.11. The normalized spacial score (nSPS) is 13.3. The molecule has 0 atom stereocenters. The summed E-state index contributed by atoms with van der Waals surface area (Å²) >= 11 is 9.11. The number of nitrogens with one attached hydrogen (secondary N) is 2. The van der Waals surface area contributed by atoms with E-state index in [2.05, 4.69) is 43.5 Å². The molecule has 0 unspecified atom stereocenters. The summed E-state index contributed by atoms with van der Waals surface area (Å²) in [6.45, 7) is 1.77. The van der Waals surface area contributed by atoms with Crippen LogP contribution in [0.4, 0.5) is 11.5 Å². The highest BCUT2D eigenvalue weighted by molar-refractivity contribution is 9.10. The summed E-state index contributed by atoms with van der Waals surface area (Å²) < 4.78 is 0.486. The van der Waals surface area contributed by atoms with Crippen LogP contribution in [0.15, 0.2) is 53.1 Å². The number of hydrogen-bond donors (Lipinski definition) is 3. The van der Waals surface area contributed by atoms with Crippen LogP contribution in [0.2, 0.25) is 5.02 Å². The molecule has 2 amide bonds. The summed E-state index contributed by atoms with van der Waals surface area (Å²) in [5, 5.41) is 16.2. The zero-order chi connectivity index (χ0) is 22.8. The first-order chi connectivity index (χ1) is 15.3. The minimum Gasteiger partial charge on any atom is -0.506 e. The predicted octanol–water partition coefficient (Wildman–Crippen LogP) is 4.70. The number of carbonyl (C=O) groups excluding carboxylic acids is 2. The topological polar surface area (TPSA) is 94.6 Å². The molecule has 2 heterocycles. The molecule has 0 bridgehead atoms. The van der Waals surface area contributed by atoms with Crippen LogP contribution in [-0.2, 0) is 13.0 Å². The Morgan fingerprint density at radius 1 is 1.09 bits per heavy atom. The maximum atomic E-state index is 13.0. The molecule has 0 aliphatic carbocycles. The highest BCUT2D eigenvalue weighted by atomic mass is 79.9. The summed E-state index contributed by atoms with van der Waals surface area (Å²) in [5.41, 5.74) is 2.88. The average molecular weight is 516 g/mol. The summed E-state index contributed by atoms with van der Waals surface area (Å²) in [7, 11) is 2.06. The number of nitrogens with zero attached hydrogens (tertiary/aromatic N) is 2. The van der Waals surface area contributed by atoms with Gasteiger partial charge in [0.15, 0.2) is 0 Å². The molecule has 4 rings (SSSR count). The van der Waals surface area contributed by atoms with Gasteiger partial charge >= 0.3 is 0 Å². The van der Waals surface area contributed by atoms with Gasteiger partial charge in [0.2, 0.25) is 0 Å². The van der Waals surface area contributed by atoms with Crippen molar-refractivity contribution in [2.75, 3.05) is 24.2 Å². The highest BCUT2D eigenvalue weighted by Gasteiger charge is 2.21. The number of amides is 2. The third-order valence-electron chi connectivity index (χ3n) is 5.21. The van der Waals surface area contributed by atoms with E-state index in [1.54, 1.807) is 18.2 Å². The molecule has 1 aliphatic rings. The number of likely N-dealkylation sites (N-methyl/N-ethyl adjacent to an activating group) is 1. The Labute approximate surface area is 198 Å². The average Bonchev–Trinajstić information content (AvgIpc) is 2.76. The molecule has 2 aromatic carbocycles. The number of pyridine rings is 1. The van der Waals surface area contributed by atoms with Crippen molar-refractivity contribution in [3.05, 3.63) is 80.4 Å². The van der Waals surface area contributed by atoms with Gasteiger partial charge in [-0.2, -0.15) is 0 Å². The molecule has 164 valence electrons. The van der Waals surface area contributed by atoms with Crippen molar-refractivity contribution in [1.29, 1.82) is 0 Å². The van der Waals surface area contributed by atoms with Gasteiger partial charge in [0, 0.05) is 29.3 Å². The lowest BCUT2D eigenvalue weighted by Crippen LogP contribution is -2.27. The summed E-state index contributed by atoms with van der Waals surface area (Å²) in [6.07, 6.45) is 2.27. The molecule has 3 aromatic rings. The third kappa shape index (κ3) is 4.93. The summed E-state index contributed by atoms with van der Waals surface area (Å²) in [5.74, 6) is -0.902. The summed E-state index contributed by atoms with van der Waals surface area (Å²) in [6, 6.07) is 11.6. The van der Waals surface area contributed by atoms with Gasteiger partial charge in [-0.25, -0.2) is 4.98 Å². The molecule has 0 fully saturated rings. The number of fused-ring (bicyclic) bond motifs is 1. The van der Waals surface area contributed by atoms with Crippen LogP contribution in [0.5, 0.6) is 5.75 Å². The van der Waals surface area contributed by atoms with Gasteiger partial charge in [-0.1, -0.05) is 33.6 Å². The molecule has 1 aliphatic heterocycles. The van der Waals surface area contributed by atoms with Crippen LogP contribution < -0.4 is 10.6 Å². The zero-order valence-corrected chi connectivity index (χ0v) is 19.5. The maximum Gasteiger partial charge on any atom is 0.259 e. The van der Waals surface area contributed by atoms with E-state index in [1.807, 2.05) is 12.1 Å². The van der Waals surface area contributed by atoms with E-state index in [4.69, 9.17) is 11.6 Å². The van der Waals surface area contributed by atoms with Gasteiger partial charge in [-0.15, -0.1) is 0 Å². The Bertz CT molecular complexity index is 1200. The van der Waals surface area contributed by atoms with Crippen molar-refractivity contribution in [2.24, 2.45) is 0 Å². The van der Waals surface area contributed by atoms with Gasteiger partial charge in [-0.3, -0.25) is 9.59 Å². The molecule has 0 saturated carbocycles. The monoisotopic (exact) mass is 514 g/mol.